The van der Waals surface area contributed by atoms with Crippen molar-refractivity contribution in [3.63, 3.8) is 0 Å². The van der Waals surface area contributed by atoms with E-state index in [-0.39, 0.29) is 11.3 Å². The minimum absolute atomic E-state index is 0.0359. The van der Waals surface area contributed by atoms with Crippen LogP contribution in [0.4, 0.5) is 0 Å². The SMILES string of the molecule is COc1ccc(/C=N/NC(=O)c2ccc(C(C)(C)C)cc2)cc1COc1cc(C)c(Cl)c(C)c1. The minimum atomic E-state index is -0.262. The van der Waals surface area contributed by atoms with Crippen LogP contribution in [-0.4, -0.2) is 19.2 Å². The van der Waals surface area contributed by atoms with Crippen LogP contribution in [0.1, 0.15) is 58.9 Å². The lowest BCUT2D eigenvalue weighted by atomic mass is 9.87. The molecule has 0 spiro atoms. The van der Waals surface area contributed by atoms with Gasteiger partial charge in [-0.05, 0) is 84.0 Å². The number of carbonyl (C=O) groups excluding carboxylic acids is 1. The average molecular weight is 479 g/mol. The summed E-state index contributed by atoms with van der Waals surface area (Å²) >= 11 is 6.25. The maximum Gasteiger partial charge on any atom is 0.271 e. The number of hydrogen-bond donors (Lipinski definition) is 1. The second-order valence-corrected chi connectivity index (χ2v) is 9.64. The standard InChI is InChI=1S/C28H31ClN2O3/c1-18-13-24(14-19(2)26(18)29)34-17-22-15-20(7-12-25(22)33-6)16-30-31-27(32)21-8-10-23(11-9-21)28(3,4)5/h7-16H,17H2,1-6H3,(H,31,32)/b30-16+. The quantitative estimate of drug-likeness (QED) is 0.307. The molecule has 3 rings (SSSR count). The predicted octanol–water partition coefficient (Wildman–Crippen LogP) is 6.61. The molecule has 0 aliphatic heterocycles. The molecule has 0 unspecified atom stereocenters. The summed E-state index contributed by atoms with van der Waals surface area (Å²) in [5, 5.41) is 4.86. The Kier molecular flexibility index (Phi) is 8.00. The zero-order valence-electron chi connectivity index (χ0n) is 20.5. The van der Waals surface area contributed by atoms with Crippen LogP contribution in [0, 0.1) is 13.8 Å². The Morgan fingerprint density at radius 3 is 2.26 bits per heavy atom. The van der Waals surface area contributed by atoms with E-state index in [2.05, 4.69) is 31.3 Å². The number of hydrazone groups is 1. The summed E-state index contributed by atoms with van der Waals surface area (Å²) in [4.78, 5) is 12.4. The highest BCUT2D eigenvalue weighted by molar-refractivity contribution is 6.32. The highest BCUT2D eigenvalue weighted by atomic mass is 35.5. The third kappa shape index (κ3) is 6.39. The third-order valence-electron chi connectivity index (χ3n) is 5.50. The fourth-order valence-corrected chi connectivity index (χ4v) is 3.60. The van der Waals surface area contributed by atoms with Crippen LogP contribution in [0.15, 0.2) is 59.7 Å². The van der Waals surface area contributed by atoms with E-state index in [1.165, 1.54) is 5.56 Å². The van der Waals surface area contributed by atoms with Gasteiger partial charge in [-0.15, -0.1) is 0 Å². The number of carbonyl (C=O) groups is 1. The molecule has 0 saturated heterocycles. The van der Waals surface area contributed by atoms with Crippen molar-refractivity contribution in [1.29, 1.82) is 0 Å². The zero-order valence-corrected chi connectivity index (χ0v) is 21.3. The third-order valence-corrected chi connectivity index (χ3v) is 6.10. The van der Waals surface area contributed by atoms with Crippen molar-refractivity contribution in [2.75, 3.05) is 7.11 Å². The van der Waals surface area contributed by atoms with Crippen LogP contribution in [-0.2, 0) is 12.0 Å². The smallest absolute Gasteiger partial charge is 0.271 e. The Bertz CT molecular complexity index is 1170. The highest BCUT2D eigenvalue weighted by Gasteiger charge is 2.14. The molecule has 0 heterocycles. The van der Waals surface area contributed by atoms with Gasteiger partial charge in [-0.25, -0.2) is 5.43 Å². The second-order valence-electron chi connectivity index (χ2n) is 9.26. The van der Waals surface area contributed by atoms with Gasteiger partial charge in [-0.3, -0.25) is 4.79 Å². The number of aryl methyl sites for hydroxylation is 2. The van der Waals surface area contributed by atoms with Crippen molar-refractivity contribution < 1.29 is 14.3 Å². The van der Waals surface area contributed by atoms with Crippen LogP contribution in [0.5, 0.6) is 11.5 Å². The van der Waals surface area contributed by atoms with Gasteiger partial charge in [0.25, 0.3) is 5.91 Å². The van der Waals surface area contributed by atoms with Crippen molar-refractivity contribution in [2.24, 2.45) is 5.10 Å². The first kappa shape index (κ1) is 25.3. The first-order chi connectivity index (χ1) is 16.1. The van der Waals surface area contributed by atoms with Crippen LogP contribution >= 0.6 is 11.6 Å². The van der Waals surface area contributed by atoms with Crippen molar-refractivity contribution in [3.8, 4) is 11.5 Å². The molecule has 0 aliphatic rings. The molecule has 178 valence electrons. The average Bonchev–Trinajstić information content (AvgIpc) is 2.80. The van der Waals surface area contributed by atoms with E-state index >= 15 is 0 Å². The van der Waals surface area contributed by atoms with Gasteiger partial charge < -0.3 is 9.47 Å². The summed E-state index contributed by atoms with van der Waals surface area (Å²) in [7, 11) is 1.62. The number of ether oxygens (including phenoxy) is 2. The Morgan fingerprint density at radius 1 is 1.03 bits per heavy atom. The molecule has 3 aromatic rings. The van der Waals surface area contributed by atoms with Crippen LogP contribution in [0.25, 0.3) is 0 Å². The lowest BCUT2D eigenvalue weighted by molar-refractivity contribution is 0.0955. The number of halogens is 1. The molecule has 5 nitrogen and oxygen atoms in total. The van der Waals surface area contributed by atoms with Gasteiger partial charge in [0.2, 0.25) is 0 Å². The summed E-state index contributed by atoms with van der Waals surface area (Å²) in [6.07, 6.45) is 1.60. The van der Waals surface area contributed by atoms with Gasteiger partial charge in [-0.1, -0.05) is 44.5 Å². The van der Waals surface area contributed by atoms with E-state index in [0.29, 0.717) is 17.9 Å². The van der Waals surface area contributed by atoms with Gasteiger partial charge >= 0.3 is 0 Å². The molecular weight excluding hydrogens is 448 g/mol. The van der Waals surface area contributed by atoms with Crippen molar-refractivity contribution in [2.45, 2.75) is 46.6 Å². The number of methoxy groups -OCH3 is 1. The Balaban J connectivity index is 1.67. The number of rotatable bonds is 7. The normalized spacial score (nSPS) is 11.5. The fraction of sp³-hybridized carbons (Fsp3) is 0.286. The second kappa shape index (κ2) is 10.7. The summed E-state index contributed by atoms with van der Waals surface area (Å²) in [6.45, 7) is 10.6. The number of amides is 1. The lowest BCUT2D eigenvalue weighted by Crippen LogP contribution is -2.18. The minimum Gasteiger partial charge on any atom is -0.496 e. The highest BCUT2D eigenvalue weighted by Crippen LogP contribution is 2.28. The summed E-state index contributed by atoms with van der Waals surface area (Å²) in [5.41, 5.74) is 7.95. The molecule has 0 aromatic heterocycles. The first-order valence-electron chi connectivity index (χ1n) is 11.1. The molecule has 34 heavy (non-hydrogen) atoms. The number of nitrogens with zero attached hydrogens (tertiary/aromatic N) is 1. The summed E-state index contributed by atoms with van der Waals surface area (Å²) in [5.74, 6) is 1.19. The molecule has 0 aliphatic carbocycles. The van der Waals surface area contributed by atoms with Crippen molar-refractivity contribution >= 4 is 23.7 Å². The van der Waals surface area contributed by atoms with Gasteiger partial charge in [0.1, 0.15) is 18.1 Å². The van der Waals surface area contributed by atoms with Crippen molar-refractivity contribution in [1.82, 2.24) is 5.43 Å². The van der Waals surface area contributed by atoms with E-state index in [9.17, 15) is 4.79 Å². The predicted molar refractivity (Wildman–Crippen MR) is 138 cm³/mol. The number of nitrogens with one attached hydrogen (secondary N) is 1. The molecule has 3 aromatic carbocycles. The maximum atomic E-state index is 12.4. The monoisotopic (exact) mass is 478 g/mol. The van der Waals surface area contributed by atoms with Crippen LogP contribution < -0.4 is 14.9 Å². The number of hydrogen-bond acceptors (Lipinski definition) is 4. The molecule has 6 heteroatoms. The van der Waals surface area contributed by atoms with Gasteiger partial charge in [0, 0.05) is 16.1 Å². The van der Waals surface area contributed by atoms with E-state index in [1.54, 1.807) is 13.3 Å². The molecule has 0 atom stereocenters. The molecule has 0 bridgehead atoms. The molecular formula is C28H31ClN2O3. The molecule has 0 fully saturated rings. The molecule has 0 radical (unpaired) electrons. The van der Waals surface area contributed by atoms with Gasteiger partial charge in [-0.2, -0.15) is 5.10 Å². The van der Waals surface area contributed by atoms with E-state index in [1.807, 2.05) is 68.4 Å². The van der Waals surface area contributed by atoms with Crippen LogP contribution in [0.2, 0.25) is 5.02 Å². The zero-order chi connectivity index (χ0) is 24.9. The Labute approximate surface area is 206 Å². The molecule has 0 saturated carbocycles. The largest absolute Gasteiger partial charge is 0.496 e. The Hall–Kier alpha value is -3.31. The van der Waals surface area contributed by atoms with Gasteiger partial charge in [0.05, 0.1) is 13.3 Å². The number of benzene rings is 3. The summed E-state index contributed by atoms with van der Waals surface area (Å²) in [6, 6.07) is 17.0. The lowest BCUT2D eigenvalue weighted by Gasteiger charge is -2.18. The molecule has 1 N–H and O–H groups in total. The van der Waals surface area contributed by atoms with E-state index in [0.717, 1.165) is 33.0 Å². The fourth-order valence-electron chi connectivity index (χ4n) is 3.49. The Morgan fingerprint density at radius 2 is 1.68 bits per heavy atom. The van der Waals surface area contributed by atoms with E-state index in [4.69, 9.17) is 21.1 Å². The van der Waals surface area contributed by atoms with E-state index < -0.39 is 0 Å². The van der Waals surface area contributed by atoms with Gasteiger partial charge in [0.15, 0.2) is 0 Å². The first-order valence-corrected chi connectivity index (χ1v) is 11.5. The van der Waals surface area contributed by atoms with Crippen LogP contribution in [0.3, 0.4) is 0 Å². The molecule has 1 amide bonds. The summed E-state index contributed by atoms with van der Waals surface area (Å²) < 4.78 is 11.5. The maximum absolute atomic E-state index is 12.4. The van der Waals surface area contributed by atoms with Crippen molar-refractivity contribution in [3.05, 3.63) is 93.0 Å². The topological polar surface area (TPSA) is 59.9 Å².